The van der Waals surface area contributed by atoms with Gasteiger partial charge >= 0.3 is 0 Å². The zero-order valence-electron chi connectivity index (χ0n) is 10.2. The van der Waals surface area contributed by atoms with Crippen molar-refractivity contribution in [2.45, 2.75) is 6.92 Å². The number of hydrogen-bond acceptors (Lipinski definition) is 5. The largest absolute Gasteiger partial charge is 0.494 e. The van der Waals surface area contributed by atoms with Crippen LogP contribution in [0.1, 0.15) is 12.5 Å². The monoisotopic (exact) mass is 279 g/mol. The Bertz CT molecular complexity index is 523. The lowest BCUT2D eigenvalue weighted by atomic mass is 10.2. The van der Waals surface area contributed by atoms with E-state index in [0.29, 0.717) is 12.3 Å². The van der Waals surface area contributed by atoms with Crippen LogP contribution in [0.3, 0.4) is 0 Å². The van der Waals surface area contributed by atoms with Crippen molar-refractivity contribution < 1.29 is 9.53 Å². The molecule has 5 heteroatoms. The van der Waals surface area contributed by atoms with Crippen LogP contribution in [0.2, 0.25) is 0 Å². The summed E-state index contributed by atoms with van der Waals surface area (Å²) in [6, 6.07) is 7.64. The van der Waals surface area contributed by atoms with Crippen LogP contribution < -0.4 is 4.74 Å². The minimum Gasteiger partial charge on any atom is -0.494 e. The molecule has 94 valence electrons. The van der Waals surface area contributed by atoms with E-state index in [0.717, 1.165) is 15.7 Å². The lowest BCUT2D eigenvalue weighted by Crippen LogP contribution is -1.92. The van der Waals surface area contributed by atoms with Gasteiger partial charge in [0.1, 0.15) is 15.8 Å². The summed E-state index contributed by atoms with van der Waals surface area (Å²) in [6.07, 6.45) is 3.71. The van der Waals surface area contributed by atoms with Gasteiger partial charge in [-0.25, -0.2) is 4.99 Å². The Balaban J connectivity index is 2.25. The van der Waals surface area contributed by atoms with Crippen LogP contribution in [0.5, 0.6) is 5.75 Å². The molecule has 1 aliphatic rings. The summed E-state index contributed by atoms with van der Waals surface area (Å²) in [7, 11) is 0. The first-order valence-corrected chi connectivity index (χ1v) is 7.56. The first-order valence-electron chi connectivity index (χ1n) is 5.52. The minimum absolute atomic E-state index is 0.00108. The molecule has 0 aromatic heterocycles. The van der Waals surface area contributed by atoms with Gasteiger partial charge in [0.15, 0.2) is 0 Å². The normalized spacial score (nSPS) is 17.1. The summed E-state index contributed by atoms with van der Waals surface area (Å²) in [5, 5.41) is 0.00108. The van der Waals surface area contributed by atoms with E-state index < -0.39 is 0 Å². The molecule has 0 aliphatic carbocycles. The van der Waals surface area contributed by atoms with Crippen molar-refractivity contribution in [2.24, 2.45) is 4.99 Å². The predicted molar refractivity (Wildman–Crippen MR) is 79.1 cm³/mol. The number of benzene rings is 1. The van der Waals surface area contributed by atoms with Gasteiger partial charge in [0.25, 0.3) is 0 Å². The van der Waals surface area contributed by atoms with Crippen LogP contribution in [-0.2, 0) is 4.79 Å². The molecule has 1 aromatic rings. The molecule has 18 heavy (non-hydrogen) atoms. The van der Waals surface area contributed by atoms with Gasteiger partial charge in [-0.15, -0.1) is 11.8 Å². The molecule has 0 atom stereocenters. The summed E-state index contributed by atoms with van der Waals surface area (Å²) in [6.45, 7) is 2.57. The number of rotatable bonds is 3. The van der Waals surface area contributed by atoms with Gasteiger partial charge in [-0.1, -0.05) is 12.1 Å². The highest BCUT2D eigenvalue weighted by molar-refractivity contribution is 8.45. The maximum atomic E-state index is 11.7. The topological polar surface area (TPSA) is 38.7 Å². The number of nitrogens with zero attached hydrogens (tertiary/aromatic N) is 1. The number of aliphatic imine (C=N–C) groups is 1. The fourth-order valence-electron chi connectivity index (χ4n) is 1.50. The fraction of sp³-hybridized carbons (Fsp3) is 0.231. The number of ether oxygens (including phenoxy) is 1. The maximum Gasteiger partial charge on any atom is 0.244 e. The van der Waals surface area contributed by atoms with Crippen molar-refractivity contribution in [3.05, 3.63) is 35.5 Å². The van der Waals surface area contributed by atoms with E-state index in [1.165, 1.54) is 23.5 Å². The standard InChI is InChI=1S/C13H13NO2S2/c1-3-16-10-6-4-5-9(7-10)8-11-12(15)18-13(14-11)17-2/h4-8H,3H2,1-2H3/b11-8-. The Morgan fingerprint density at radius 1 is 1.50 bits per heavy atom. The average molecular weight is 279 g/mol. The molecule has 0 radical (unpaired) electrons. The summed E-state index contributed by atoms with van der Waals surface area (Å²) in [4.78, 5) is 16.0. The molecular weight excluding hydrogens is 266 g/mol. The zero-order valence-corrected chi connectivity index (χ0v) is 11.8. The quantitative estimate of drug-likeness (QED) is 0.795. The van der Waals surface area contributed by atoms with Gasteiger partial charge < -0.3 is 4.74 Å². The SMILES string of the molecule is CCOc1cccc(/C=C2\N=C(SC)SC2=O)c1. The minimum atomic E-state index is 0.00108. The molecule has 2 rings (SSSR count). The van der Waals surface area contributed by atoms with Crippen molar-refractivity contribution in [1.82, 2.24) is 0 Å². The van der Waals surface area contributed by atoms with Crippen LogP contribution in [0.4, 0.5) is 0 Å². The van der Waals surface area contributed by atoms with E-state index in [-0.39, 0.29) is 5.12 Å². The molecule has 0 N–H and O–H groups in total. The molecule has 0 bridgehead atoms. The molecule has 0 unspecified atom stereocenters. The molecule has 0 saturated heterocycles. The van der Waals surface area contributed by atoms with E-state index >= 15 is 0 Å². The van der Waals surface area contributed by atoms with Crippen LogP contribution in [-0.4, -0.2) is 22.4 Å². The Hall–Kier alpha value is -1.20. The number of carbonyl (C=O) groups is 1. The zero-order chi connectivity index (χ0) is 13.0. The molecule has 3 nitrogen and oxygen atoms in total. The fourth-order valence-corrected chi connectivity index (χ4v) is 2.76. The third-order valence-electron chi connectivity index (χ3n) is 2.25. The van der Waals surface area contributed by atoms with Gasteiger partial charge in [-0.2, -0.15) is 0 Å². The number of thioether (sulfide) groups is 2. The second-order valence-electron chi connectivity index (χ2n) is 3.51. The van der Waals surface area contributed by atoms with Crippen molar-refractivity contribution >= 4 is 39.1 Å². The third-order valence-corrected chi connectivity index (χ3v) is 4.10. The van der Waals surface area contributed by atoms with Crippen molar-refractivity contribution in [2.75, 3.05) is 12.9 Å². The first kappa shape index (κ1) is 13.2. The maximum absolute atomic E-state index is 11.7. The molecule has 0 saturated carbocycles. The first-order chi connectivity index (χ1) is 8.72. The molecule has 0 amide bonds. The van der Waals surface area contributed by atoms with Gasteiger partial charge in [0.2, 0.25) is 5.12 Å². The summed E-state index contributed by atoms with van der Waals surface area (Å²) < 4.78 is 6.22. The van der Waals surface area contributed by atoms with E-state index in [9.17, 15) is 4.79 Å². The highest BCUT2D eigenvalue weighted by Crippen LogP contribution is 2.30. The molecule has 0 spiro atoms. The molecular formula is C13H13NO2S2. The van der Waals surface area contributed by atoms with E-state index in [2.05, 4.69) is 4.99 Å². The van der Waals surface area contributed by atoms with Crippen LogP contribution in [0, 0.1) is 0 Å². The van der Waals surface area contributed by atoms with Gasteiger partial charge in [0, 0.05) is 0 Å². The van der Waals surface area contributed by atoms with E-state index in [1.807, 2.05) is 37.4 Å². The van der Waals surface area contributed by atoms with E-state index in [4.69, 9.17) is 4.74 Å². The second-order valence-corrected chi connectivity index (χ2v) is 5.52. The summed E-state index contributed by atoms with van der Waals surface area (Å²) >= 11 is 2.67. The van der Waals surface area contributed by atoms with E-state index in [1.54, 1.807) is 6.08 Å². The van der Waals surface area contributed by atoms with Gasteiger partial charge in [0.05, 0.1) is 6.61 Å². The lowest BCUT2D eigenvalue weighted by Gasteiger charge is -2.03. The van der Waals surface area contributed by atoms with Crippen molar-refractivity contribution in [3.63, 3.8) is 0 Å². The predicted octanol–water partition coefficient (Wildman–Crippen LogP) is 3.42. The highest BCUT2D eigenvalue weighted by atomic mass is 32.2. The number of hydrogen-bond donors (Lipinski definition) is 0. The highest BCUT2D eigenvalue weighted by Gasteiger charge is 2.21. The van der Waals surface area contributed by atoms with Crippen LogP contribution in [0.15, 0.2) is 35.0 Å². The Morgan fingerprint density at radius 2 is 2.33 bits per heavy atom. The molecule has 1 heterocycles. The Kier molecular flexibility index (Phi) is 4.49. The second kappa shape index (κ2) is 6.11. The smallest absolute Gasteiger partial charge is 0.244 e. The van der Waals surface area contributed by atoms with Crippen LogP contribution in [0.25, 0.3) is 6.08 Å². The van der Waals surface area contributed by atoms with Crippen molar-refractivity contribution in [1.29, 1.82) is 0 Å². The molecule has 1 aliphatic heterocycles. The van der Waals surface area contributed by atoms with Crippen LogP contribution >= 0.6 is 23.5 Å². The van der Waals surface area contributed by atoms with Gasteiger partial charge in [-0.05, 0) is 48.7 Å². The van der Waals surface area contributed by atoms with Gasteiger partial charge in [-0.3, -0.25) is 4.79 Å². The number of carbonyl (C=O) groups excluding carboxylic acids is 1. The molecule has 0 fully saturated rings. The Morgan fingerprint density at radius 3 is 3.00 bits per heavy atom. The third kappa shape index (κ3) is 3.17. The summed E-state index contributed by atoms with van der Waals surface area (Å²) in [5.41, 5.74) is 1.43. The lowest BCUT2D eigenvalue weighted by molar-refractivity contribution is -0.107. The van der Waals surface area contributed by atoms with Crippen molar-refractivity contribution in [3.8, 4) is 5.75 Å². The molecule has 1 aromatic carbocycles. The Labute approximate surface area is 115 Å². The summed E-state index contributed by atoms with van der Waals surface area (Å²) in [5.74, 6) is 0.805. The average Bonchev–Trinajstić information content (AvgIpc) is 2.71.